The maximum absolute atomic E-state index is 9.34. The van der Waals surface area contributed by atoms with E-state index in [0.717, 1.165) is 13.8 Å². The molecule has 2 N–H and O–H groups in total. The molecule has 0 unspecified atom stereocenters. The Kier molecular flexibility index (Phi) is 13.8. The van der Waals surface area contributed by atoms with Crippen molar-refractivity contribution < 1.29 is 30.0 Å². The number of rotatable bonds is 2. The molecule has 0 radical (unpaired) electrons. The van der Waals surface area contributed by atoms with E-state index in [1.165, 1.54) is 0 Å². The van der Waals surface area contributed by atoms with Crippen molar-refractivity contribution in [3.8, 4) is 0 Å². The molecule has 0 aliphatic heterocycles. The Morgan fingerprint density at radius 3 is 1.08 bits per heavy atom. The van der Waals surface area contributed by atoms with Gasteiger partial charge in [0.15, 0.2) is 0 Å². The van der Waals surface area contributed by atoms with Crippen LogP contribution in [0.5, 0.6) is 0 Å². The molecule has 0 saturated carbocycles. The van der Waals surface area contributed by atoms with E-state index in [-0.39, 0.29) is 23.1 Å². The largest absolute Gasteiger partial charge is 2.00 e. The van der Waals surface area contributed by atoms with E-state index in [4.69, 9.17) is 10.2 Å². The third-order valence-corrected chi connectivity index (χ3v) is 0.682. The molecule has 72 valence electrons. The monoisotopic (exact) mass is 202 g/mol. The van der Waals surface area contributed by atoms with Crippen LogP contribution in [0.4, 0.5) is 0 Å². The van der Waals surface area contributed by atoms with Crippen LogP contribution in [0.15, 0.2) is 0 Å². The van der Waals surface area contributed by atoms with E-state index in [2.05, 4.69) is 0 Å². The summed E-state index contributed by atoms with van der Waals surface area (Å²) in [5.41, 5.74) is 0. The van der Waals surface area contributed by atoms with Crippen molar-refractivity contribution in [2.45, 2.75) is 26.1 Å². The fourth-order valence-corrected chi connectivity index (χ4v) is 0. The van der Waals surface area contributed by atoms with Crippen LogP contribution < -0.4 is 10.2 Å². The molecule has 0 aromatic heterocycles. The second kappa shape index (κ2) is 9.71. The smallest absolute Gasteiger partial charge is 0.547 e. The minimum atomic E-state index is -1.44. The molecular formula is C6H10MgO6. The first-order valence-corrected chi connectivity index (χ1v) is 3.06. The molecular weight excluding hydrogens is 192 g/mol. The number of hydrogen-bond donors (Lipinski definition) is 2. The second-order valence-corrected chi connectivity index (χ2v) is 1.99. The first-order chi connectivity index (χ1) is 5.29. The number of carbonyl (C=O) groups excluding carboxylic acids is 2. The zero-order valence-electron chi connectivity index (χ0n) is 7.39. The van der Waals surface area contributed by atoms with Crippen molar-refractivity contribution in [3.05, 3.63) is 0 Å². The zero-order chi connectivity index (χ0) is 10.3. The first-order valence-electron chi connectivity index (χ1n) is 3.06. The van der Waals surface area contributed by atoms with E-state index in [9.17, 15) is 19.8 Å². The van der Waals surface area contributed by atoms with Crippen LogP contribution in [0.2, 0.25) is 0 Å². The molecule has 0 aliphatic carbocycles. The Hall–Kier alpha value is -0.374. The number of carboxylic acid groups (broad SMARTS) is 2. The van der Waals surface area contributed by atoms with Gasteiger partial charge in [0.25, 0.3) is 0 Å². The molecule has 0 rings (SSSR count). The fraction of sp³-hybridized carbons (Fsp3) is 0.667. The van der Waals surface area contributed by atoms with Gasteiger partial charge in [0.2, 0.25) is 0 Å². The molecule has 0 amide bonds. The van der Waals surface area contributed by atoms with Gasteiger partial charge in [-0.15, -0.1) is 0 Å². The molecule has 0 heterocycles. The number of carboxylic acids is 2. The summed E-state index contributed by atoms with van der Waals surface area (Å²) in [5.74, 6) is -2.87. The molecule has 0 spiro atoms. The fourth-order valence-electron chi connectivity index (χ4n) is 0. The Morgan fingerprint density at radius 1 is 1.00 bits per heavy atom. The van der Waals surface area contributed by atoms with Crippen LogP contribution in [-0.4, -0.2) is 57.4 Å². The van der Waals surface area contributed by atoms with Gasteiger partial charge in [0.05, 0.1) is 24.1 Å². The maximum atomic E-state index is 9.34. The van der Waals surface area contributed by atoms with Gasteiger partial charge in [0, 0.05) is 0 Å². The maximum Gasteiger partial charge on any atom is 2.00 e. The molecule has 0 aliphatic rings. The van der Waals surface area contributed by atoms with Crippen molar-refractivity contribution in [1.82, 2.24) is 0 Å². The van der Waals surface area contributed by atoms with E-state index >= 15 is 0 Å². The standard InChI is InChI=1S/2C3H6O3.Mg/c2*1-2(4)3(5)6;/h2*2,4H,1H3,(H,5,6);/q;;+2/p-2/t2*2-;/m10./s1. The van der Waals surface area contributed by atoms with Crippen LogP contribution in [0, 0.1) is 0 Å². The Morgan fingerprint density at radius 2 is 1.08 bits per heavy atom. The minimum Gasteiger partial charge on any atom is -0.547 e. The van der Waals surface area contributed by atoms with Gasteiger partial charge >= 0.3 is 23.1 Å². The minimum absolute atomic E-state index is 0. The van der Waals surface area contributed by atoms with Crippen LogP contribution in [0.25, 0.3) is 0 Å². The van der Waals surface area contributed by atoms with Gasteiger partial charge in [-0.25, -0.2) is 0 Å². The number of hydrogen-bond acceptors (Lipinski definition) is 6. The number of aliphatic hydroxyl groups is 2. The van der Waals surface area contributed by atoms with Gasteiger partial charge in [-0.05, 0) is 13.8 Å². The molecule has 0 aromatic rings. The van der Waals surface area contributed by atoms with Crippen molar-refractivity contribution >= 4 is 35.0 Å². The van der Waals surface area contributed by atoms with Gasteiger partial charge in [-0.1, -0.05) is 0 Å². The molecule has 0 aromatic carbocycles. The van der Waals surface area contributed by atoms with Crippen LogP contribution >= 0.6 is 0 Å². The molecule has 7 heteroatoms. The van der Waals surface area contributed by atoms with E-state index in [0.29, 0.717) is 0 Å². The molecule has 6 nitrogen and oxygen atoms in total. The van der Waals surface area contributed by atoms with E-state index < -0.39 is 24.1 Å². The van der Waals surface area contributed by atoms with Crippen molar-refractivity contribution in [2.24, 2.45) is 0 Å². The third-order valence-electron chi connectivity index (χ3n) is 0.682. The average molecular weight is 202 g/mol. The van der Waals surface area contributed by atoms with Crippen LogP contribution in [0.1, 0.15) is 13.8 Å². The number of aliphatic carboxylic acids is 2. The average Bonchev–Trinajstić information content (AvgIpc) is 1.88. The normalized spacial score (nSPS) is 12.6. The van der Waals surface area contributed by atoms with Crippen molar-refractivity contribution in [2.75, 3.05) is 0 Å². The predicted octanol–water partition coefficient (Wildman–Crippen LogP) is -4.15. The summed E-state index contributed by atoms with van der Waals surface area (Å²) in [5, 5.41) is 34.6. The predicted molar refractivity (Wildman–Crippen MR) is 39.1 cm³/mol. The summed E-state index contributed by atoms with van der Waals surface area (Å²) in [7, 11) is 0. The summed E-state index contributed by atoms with van der Waals surface area (Å²) in [4.78, 5) is 18.7. The molecule has 13 heavy (non-hydrogen) atoms. The molecule has 0 fully saturated rings. The number of aliphatic hydroxyl groups excluding tert-OH is 2. The van der Waals surface area contributed by atoms with Crippen molar-refractivity contribution in [3.63, 3.8) is 0 Å². The summed E-state index contributed by atoms with van der Waals surface area (Å²) in [6.07, 6.45) is -2.69. The first kappa shape index (κ1) is 18.4. The Balaban J connectivity index is -0.000000143. The summed E-state index contributed by atoms with van der Waals surface area (Å²) in [6, 6.07) is 0. The molecule has 0 bridgehead atoms. The second-order valence-electron chi connectivity index (χ2n) is 1.99. The summed E-state index contributed by atoms with van der Waals surface area (Å²) >= 11 is 0. The van der Waals surface area contributed by atoms with Crippen molar-refractivity contribution in [1.29, 1.82) is 0 Å². The SMILES string of the molecule is C[C@@H](O)C(=O)[O-].C[C@H](O)C(=O)[O-].[Mg+2]. The van der Waals surface area contributed by atoms with Crippen LogP contribution in [-0.2, 0) is 9.59 Å². The van der Waals surface area contributed by atoms with Gasteiger partial charge in [-0.3, -0.25) is 0 Å². The topological polar surface area (TPSA) is 121 Å². The van der Waals surface area contributed by atoms with E-state index in [1.807, 2.05) is 0 Å². The summed E-state index contributed by atoms with van der Waals surface area (Å²) in [6.45, 7) is 2.27. The van der Waals surface area contributed by atoms with Gasteiger partial charge in [-0.2, -0.15) is 0 Å². The Labute approximate surface area is 91.3 Å². The molecule has 2 atom stereocenters. The van der Waals surface area contributed by atoms with Gasteiger partial charge < -0.3 is 30.0 Å². The Bertz CT molecular complexity index is 137. The number of carbonyl (C=O) groups is 2. The van der Waals surface area contributed by atoms with E-state index in [1.54, 1.807) is 0 Å². The zero-order valence-corrected chi connectivity index (χ0v) is 8.80. The molecule has 0 saturated heterocycles. The third kappa shape index (κ3) is 18.5. The van der Waals surface area contributed by atoms with Crippen LogP contribution in [0.3, 0.4) is 0 Å². The summed E-state index contributed by atoms with van der Waals surface area (Å²) < 4.78 is 0. The quantitative estimate of drug-likeness (QED) is 0.439. The van der Waals surface area contributed by atoms with Gasteiger partial charge in [0.1, 0.15) is 0 Å².